The maximum absolute atomic E-state index is 10.8. The molecule has 3 N–H and O–H groups in total. The Balaban J connectivity index is 4.18. The van der Waals surface area contributed by atoms with E-state index in [1.54, 1.807) is 0 Å². The van der Waals surface area contributed by atoms with Crippen LogP contribution in [0.1, 0.15) is 13.3 Å². The lowest BCUT2D eigenvalue weighted by Gasteiger charge is -2.00. The molecule has 0 rings (SSSR count). The van der Waals surface area contributed by atoms with E-state index in [1.165, 1.54) is 7.05 Å². The van der Waals surface area contributed by atoms with Crippen molar-refractivity contribution < 1.29 is 14.4 Å². The molecule has 0 fully saturated rings. The zero-order valence-electron chi connectivity index (χ0n) is 8.07. The highest BCUT2D eigenvalue weighted by Gasteiger charge is 2.09. The molecule has 0 aromatic carbocycles. The van der Waals surface area contributed by atoms with Gasteiger partial charge in [0.2, 0.25) is 5.04 Å². The summed E-state index contributed by atoms with van der Waals surface area (Å²) in [4.78, 5) is 25.7. The van der Waals surface area contributed by atoms with Crippen LogP contribution in [-0.4, -0.2) is 29.8 Å². The molecule has 0 aliphatic heterocycles. The third-order valence-electron chi connectivity index (χ3n) is 1.07. The average Bonchev–Trinajstić information content (AvgIpc) is 2.16. The molecule has 0 aromatic rings. The first-order valence-electron chi connectivity index (χ1n) is 4.01. The van der Waals surface area contributed by atoms with Crippen LogP contribution in [-0.2, 0) is 9.63 Å². The molecule has 0 saturated carbocycles. The van der Waals surface area contributed by atoms with Crippen LogP contribution in [0.4, 0.5) is 4.79 Å². The van der Waals surface area contributed by atoms with Gasteiger partial charge in [-0.15, -0.1) is 0 Å². The molecule has 0 spiro atoms. The molecule has 0 heterocycles. The van der Waals surface area contributed by atoms with Crippen molar-refractivity contribution in [3.63, 3.8) is 0 Å². The zero-order chi connectivity index (χ0) is 11.0. The molecule has 0 atom stereocenters. The Bertz CT molecular complexity index is 242. The second kappa shape index (κ2) is 7.19. The highest BCUT2D eigenvalue weighted by atomic mass is 32.2. The molecule has 7 heteroatoms. The van der Waals surface area contributed by atoms with Crippen molar-refractivity contribution in [2.24, 2.45) is 10.9 Å². The SMILES string of the molecule is CCCSC(=NOC(=O)NC)C(N)=O. The van der Waals surface area contributed by atoms with Gasteiger partial charge in [-0.3, -0.25) is 9.63 Å². The summed E-state index contributed by atoms with van der Waals surface area (Å²) in [6, 6.07) is 0. The minimum Gasteiger partial charge on any atom is -0.364 e. The number of oxime groups is 1. The monoisotopic (exact) mass is 219 g/mol. The zero-order valence-corrected chi connectivity index (χ0v) is 8.89. The Kier molecular flexibility index (Phi) is 6.55. The van der Waals surface area contributed by atoms with Gasteiger partial charge in [0, 0.05) is 7.05 Å². The van der Waals surface area contributed by atoms with Gasteiger partial charge in [0.15, 0.2) is 0 Å². The fraction of sp³-hybridized carbons (Fsp3) is 0.571. The molecule has 2 amide bonds. The van der Waals surface area contributed by atoms with Crippen molar-refractivity contribution in [2.75, 3.05) is 12.8 Å². The van der Waals surface area contributed by atoms with Gasteiger partial charge in [-0.2, -0.15) is 0 Å². The third kappa shape index (κ3) is 5.41. The summed E-state index contributed by atoms with van der Waals surface area (Å²) in [5.74, 6) is -0.00819. The number of thioether (sulfide) groups is 1. The van der Waals surface area contributed by atoms with Crippen LogP contribution < -0.4 is 11.1 Å². The van der Waals surface area contributed by atoms with Crippen LogP contribution in [0.2, 0.25) is 0 Å². The predicted molar refractivity (Wildman–Crippen MR) is 54.9 cm³/mol. The summed E-state index contributed by atoms with van der Waals surface area (Å²) in [5, 5.41) is 5.51. The molecular formula is C7H13N3O3S. The second-order valence-electron chi connectivity index (χ2n) is 2.24. The van der Waals surface area contributed by atoms with Gasteiger partial charge in [0.05, 0.1) is 0 Å². The molecule has 0 aromatic heterocycles. The van der Waals surface area contributed by atoms with Crippen LogP contribution in [0.15, 0.2) is 5.16 Å². The topological polar surface area (TPSA) is 93.8 Å². The molecular weight excluding hydrogens is 206 g/mol. The highest BCUT2D eigenvalue weighted by Crippen LogP contribution is 2.05. The van der Waals surface area contributed by atoms with E-state index >= 15 is 0 Å². The van der Waals surface area contributed by atoms with E-state index in [1.807, 2.05) is 6.92 Å². The van der Waals surface area contributed by atoms with Crippen LogP contribution in [0.25, 0.3) is 0 Å². The number of nitrogens with two attached hydrogens (primary N) is 1. The maximum atomic E-state index is 10.8. The number of carbonyl (C=O) groups excluding carboxylic acids is 2. The van der Waals surface area contributed by atoms with Crippen LogP contribution in [0, 0.1) is 0 Å². The molecule has 0 aliphatic carbocycles. The average molecular weight is 219 g/mol. The number of hydrogen-bond acceptors (Lipinski definition) is 5. The van der Waals surface area contributed by atoms with E-state index < -0.39 is 12.0 Å². The molecule has 0 unspecified atom stereocenters. The summed E-state index contributed by atoms with van der Waals surface area (Å²) in [7, 11) is 1.39. The second-order valence-corrected chi connectivity index (χ2v) is 3.32. The minimum atomic E-state index is -0.735. The van der Waals surface area contributed by atoms with Crippen molar-refractivity contribution in [1.29, 1.82) is 0 Å². The summed E-state index contributed by atoms with van der Waals surface area (Å²) < 4.78 is 0. The molecule has 0 bridgehead atoms. The third-order valence-corrected chi connectivity index (χ3v) is 2.23. The van der Waals surface area contributed by atoms with E-state index in [-0.39, 0.29) is 5.04 Å². The van der Waals surface area contributed by atoms with Crippen molar-refractivity contribution in [1.82, 2.24) is 5.32 Å². The van der Waals surface area contributed by atoms with Gasteiger partial charge in [-0.25, -0.2) is 4.79 Å². The van der Waals surface area contributed by atoms with Gasteiger partial charge in [0.1, 0.15) is 0 Å². The van der Waals surface area contributed by atoms with E-state index in [0.29, 0.717) is 5.75 Å². The van der Waals surface area contributed by atoms with Crippen LogP contribution in [0.5, 0.6) is 0 Å². The fourth-order valence-corrected chi connectivity index (χ4v) is 1.10. The molecule has 6 nitrogen and oxygen atoms in total. The van der Waals surface area contributed by atoms with Crippen molar-refractivity contribution in [3.05, 3.63) is 0 Å². The van der Waals surface area contributed by atoms with Crippen LogP contribution in [0.3, 0.4) is 0 Å². The number of amides is 2. The molecule has 0 saturated heterocycles. The molecule has 0 radical (unpaired) electrons. The van der Waals surface area contributed by atoms with Gasteiger partial charge in [0.25, 0.3) is 5.91 Å². The van der Waals surface area contributed by atoms with Crippen LogP contribution >= 0.6 is 11.8 Å². The maximum Gasteiger partial charge on any atom is 0.433 e. The van der Waals surface area contributed by atoms with Crippen molar-refractivity contribution >= 4 is 28.8 Å². The van der Waals surface area contributed by atoms with Crippen molar-refractivity contribution in [3.8, 4) is 0 Å². The molecule has 0 aliphatic rings. The van der Waals surface area contributed by atoms with E-state index in [9.17, 15) is 9.59 Å². The molecule has 14 heavy (non-hydrogen) atoms. The number of nitrogens with zero attached hydrogens (tertiary/aromatic N) is 1. The Morgan fingerprint density at radius 1 is 1.57 bits per heavy atom. The van der Waals surface area contributed by atoms with Gasteiger partial charge < -0.3 is 11.1 Å². The smallest absolute Gasteiger partial charge is 0.364 e. The molecule has 80 valence electrons. The largest absolute Gasteiger partial charge is 0.433 e. The number of rotatable bonds is 3. The quantitative estimate of drug-likeness (QED) is 0.308. The standard InChI is InChI=1S/C7H13N3O3S/c1-3-4-14-6(5(8)11)10-13-7(12)9-2/h3-4H2,1-2H3,(H2,8,11)(H,9,12). The number of carbonyl (C=O) groups is 2. The summed E-state index contributed by atoms with van der Waals surface area (Å²) in [6.07, 6.45) is 0.137. The predicted octanol–water partition coefficient (Wildman–Crippen LogP) is 0.284. The number of hydrogen-bond donors (Lipinski definition) is 2. The van der Waals surface area contributed by atoms with E-state index in [0.717, 1.165) is 18.2 Å². The first-order chi connectivity index (χ1) is 6.61. The lowest BCUT2D eigenvalue weighted by molar-refractivity contribution is -0.111. The number of nitrogens with one attached hydrogen (secondary N) is 1. The first kappa shape index (κ1) is 12.8. The minimum absolute atomic E-state index is 0.00421. The van der Waals surface area contributed by atoms with Gasteiger partial charge in [-0.1, -0.05) is 23.8 Å². The first-order valence-corrected chi connectivity index (χ1v) is 4.99. The Morgan fingerprint density at radius 2 is 2.21 bits per heavy atom. The summed E-state index contributed by atoms with van der Waals surface area (Å²) in [5.41, 5.74) is 5.00. The Hall–Kier alpha value is -1.24. The van der Waals surface area contributed by atoms with E-state index in [2.05, 4.69) is 15.3 Å². The lowest BCUT2D eigenvalue weighted by atomic mass is 10.6. The van der Waals surface area contributed by atoms with Crippen molar-refractivity contribution in [2.45, 2.75) is 13.3 Å². The summed E-state index contributed by atoms with van der Waals surface area (Å²) >= 11 is 1.15. The van der Waals surface area contributed by atoms with Gasteiger partial charge in [-0.05, 0) is 12.2 Å². The Morgan fingerprint density at radius 3 is 2.64 bits per heavy atom. The Labute approximate surface area is 86.2 Å². The normalized spacial score (nSPS) is 10.9. The summed E-state index contributed by atoms with van der Waals surface area (Å²) in [6.45, 7) is 1.95. The highest BCUT2D eigenvalue weighted by molar-refractivity contribution is 8.15. The van der Waals surface area contributed by atoms with Gasteiger partial charge >= 0.3 is 6.09 Å². The number of primary amides is 1. The fourth-order valence-electron chi connectivity index (χ4n) is 0.470. The van der Waals surface area contributed by atoms with E-state index in [4.69, 9.17) is 5.73 Å². The lowest BCUT2D eigenvalue weighted by Crippen LogP contribution is -2.23.